The van der Waals surface area contributed by atoms with Gasteiger partial charge in [0.25, 0.3) is 15.9 Å². The van der Waals surface area contributed by atoms with E-state index >= 15 is 0 Å². The van der Waals surface area contributed by atoms with Crippen LogP contribution in [0.3, 0.4) is 0 Å². The van der Waals surface area contributed by atoms with Crippen molar-refractivity contribution in [2.45, 2.75) is 24.5 Å². The first-order valence-corrected chi connectivity index (χ1v) is 11.7. The first kappa shape index (κ1) is 23.7. The molecule has 0 saturated heterocycles. The van der Waals surface area contributed by atoms with Gasteiger partial charge in [-0.2, -0.15) is 0 Å². The molecular formula is C20H26N2O6S2. The van der Waals surface area contributed by atoms with Gasteiger partial charge < -0.3 is 14.8 Å². The molecule has 1 aromatic heterocycles. The van der Waals surface area contributed by atoms with Gasteiger partial charge in [0.05, 0.1) is 5.69 Å². The monoisotopic (exact) mass is 454 g/mol. The van der Waals surface area contributed by atoms with Gasteiger partial charge in [0, 0.05) is 13.6 Å². The Morgan fingerprint density at radius 1 is 1.13 bits per heavy atom. The van der Waals surface area contributed by atoms with Crippen LogP contribution in [0.5, 0.6) is 5.75 Å². The van der Waals surface area contributed by atoms with Gasteiger partial charge in [-0.1, -0.05) is 19.9 Å². The van der Waals surface area contributed by atoms with Crippen LogP contribution in [0.15, 0.2) is 46.0 Å². The Morgan fingerprint density at radius 2 is 1.83 bits per heavy atom. The Kier molecular flexibility index (Phi) is 8.67. The van der Waals surface area contributed by atoms with Crippen molar-refractivity contribution in [3.8, 4) is 5.75 Å². The molecule has 0 fully saturated rings. The first-order valence-electron chi connectivity index (χ1n) is 9.37. The molecule has 10 heteroatoms. The predicted molar refractivity (Wildman–Crippen MR) is 115 cm³/mol. The smallest absolute Gasteiger partial charge is 0.344 e. The number of esters is 1. The van der Waals surface area contributed by atoms with E-state index in [1.165, 1.54) is 11.4 Å². The maximum Gasteiger partial charge on any atom is 0.344 e. The van der Waals surface area contributed by atoms with Crippen molar-refractivity contribution in [1.82, 2.24) is 5.32 Å². The van der Waals surface area contributed by atoms with Gasteiger partial charge in [0.2, 0.25) is 0 Å². The van der Waals surface area contributed by atoms with Crippen LogP contribution in [0.1, 0.15) is 20.3 Å². The fourth-order valence-electron chi connectivity index (χ4n) is 2.32. The highest BCUT2D eigenvalue weighted by atomic mass is 32.2. The number of thiophene rings is 1. The van der Waals surface area contributed by atoms with Crippen LogP contribution in [-0.4, -0.2) is 47.1 Å². The SMILES string of the molecule is CC(C)CCNC(=O)COC(=O)COc1ccc(N(C)S(=O)(=O)c2cccs2)cc1. The van der Waals surface area contributed by atoms with Gasteiger partial charge in [-0.05, 0) is 48.1 Å². The maximum absolute atomic E-state index is 12.5. The largest absolute Gasteiger partial charge is 0.482 e. The summed E-state index contributed by atoms with van der Waals surface area (Å²) in [5.74, 6) is -0.180. The molecular weight excluding hydrogens is 428 g/mol. The summed E-state index contributed by atoms with van der Waals surface area (Å²) in [7, 11) is -2.15. The number of sulfonamides is 1. The fourth-order valence-corrected chi connectivity index (χ4v) is 4.67. The van der Waals surface area contributed by atoms with Crippen LogP contribution in [-0.2, 0) is 24.3 Å². The van der Waals surface area contributed by atoms with Gasteiger partial charge in [-0.15, -0.1) is 11.3 Å². The number of carbonyl (C=O) groups excluding carboxylic acids is 2. The quantitative estimate of drug-likeness (QED) is 0.524. The third kappa shape index (κ3) is 7.03. The summed E-state index contributed by atoms with van der Waals surface area (Å²) in [6.07, 6.45) is 0.850. The maximum atomic E-state index is 12.5. The van der Waals surface area contributed by atoms with E-state index in [4.69, 9.17) is 9.47 Å². The summed E-state index contributed by atoms with van der Waals surface area (Å²) in [4.78, 5) is 23.3. The second-order valence-corrected chi connectivity index (χ2v) is 10.0. The van der Waals surface area contributed by atoms with Crippen LogP contribution in [0.25, 0.3) is 0 Å². The standard InChI is InChI=1S/C20H26N2O6S2/c1-15(2)10-11-21-18(23)13-28-19(24)14-27-17-8-6-16(7-9-17)22(3)30(25,26)20-5-4-12-29-20/h4-9,12,15H,10-11,13-14H2,1-3H3,(H,21,23). The Balaban J connectivity index is 1.79. The molecule has 0 saturated carbocycles. The number of hydrogen-bond acceptors (Lipinski definition) is 7. The summed E-state index contributed by atoms with van der Waals surface area (Å²) < 4.78 is 36.7. The molecule has 0 bridgehead atoms. The van der Waals surface area contributed by atoms with Gasteiger partial charge in [0.15, 0.2) is 13.2 Å². The van der Waals surface area contributed by atoms with Gasteiger partial charge in [-0.3, -0.25) is 9.10 Å². The number of carbonyl (C=O) groups is 2. The molecule has 8 nitrogen and oxygen atoms in total. The molecule has 0 aliphatic carbocycles. The third-order valence-electron chi connectivity index (χ3n) is 4.07. The zero-order valence-corrected chi connectivity index (χ0v) is 18.8. The molecule has 2 rings (SSSR count). The number of hydrogen-bond donors (Lipinski definition) is 1. The Bertz CT molecular complexity index is 925. The van der Waals surface area contributed by atoms with Crippen LogP contribution in [0.4, 0.5) is 5.69 Å². The zero-order valence-electron chi connectivity index (χ0n) is 17.2. The van der Waals surface area contributed by atoms with E-state index in [2.05, 4.69) is 19.2 Å². The second kappa shape index (κ2) is 11.0. The minimum absolute atomic E-state index is 0.251. The molecule has 0 aliphatic heterocycles. The minimum Gasteiger partial charge on any atom is -0.482 e. The van der Waals surface area contributed by atoms with Crippen LogP contribution in [0.2, 0.25) is 0 Å². The molecule has 2 aromatic rings. The number of anilines is 1. The van der Waals surface area contributed by atoms with Gasteiger partial charge in [0.1, 0.15) is 9.96 Å². The van der Waals surface area contributed by atoms with Crippen LogP contribution < -0.4 is 14.4 Å². The van der Waals surface area contributed by atoms with Crippen molar-refractivity contribution in [3.63, 3.8) is 0 Å². The topological polar surface area (TPSA) is 102 Å². The molecule has 164 valence electrons. The molecule has 0 aliphatic rings. The Morgan fingerprint density at radius 3 is 2.43 bits per heavy atom. The lowest BCUT2D eigenvalue weighted by Gasteiger charge is -2.18. The average Bonchev–Trinajstić information content (AvgIpc) is 3.26. The highest BCUT2D eigenvalue weighted by molar-refractivity contribution is 7.94. The van der Waals surface area contributed by atoms with Crippen molar-refractivity contribution in [2.24, 2.45) is 5.92 Å². The van der Waals surface area contributed by atoms with E-state index in [1.807, 2.05) is 0 Å². The number of rotatable bonds is 11. The lowest BCUT2D eigenvalue weighted by Crippen LogP contribution is -2.31. The van der Waals surface area contributed by atoms with Gasteiger partial charge in [-0.25, -0.2) is 13.2 Å². The molecule has 0 spiro atoms. The Hall–Kier alpha value is -2.59. The van der Waals surface area contributed by atoms with E-state index in [0.29, 0.717) is 23.9 Å². The average molecular weight is 455 g/mol. The molecule has 0 atom stereocenters. The van der Waals surface area contributed by atoms with Crippen LogP contribution >= 0.6 is 11.3 Å². The molecule has 1 N–H and O–H groups in total. The summed E-state index contributed by atoms with van der Waals surface area (Å²) in [5, 5.41) is 4.37. The molecule has 0 radical (unpaired) electrons. The minimum atomic E-state index is -3.62. The van der Waals surface area contributed by atoms with Gasteiger partial charge >= 0.3 is 5.97 Å². The van der Waals surface area contributed by atoms with Crippen molar-refractivity contribution >= 4 is 38.9 Å². The van der Waals surface area contributed by atoms with Crippen LogP contribution in [0, 0.1) is 5.92 Å². The third-order valence-corrected chi connectivity index (χ3v) is 7.23. The zero-order chi connectivity index (χ0) is 22.1. The summed E-state index contributed by atoms with van der Waals surface area (Å²) in [6.45, 7) is 3.92. The molecule has 30 heavy (non-hydrogen) atoms. The second-order valence-electron chi connectivity index (χ2n) is 6.88. The Labute approximate surface area is 180 Å². The van der Waals surface area contributed by atoms with E-state index in [-0.39, 0.29) is 23.3 Å². The number of ether oxygens (including phenoxy) is 2. The molecule has 1 aromatic carbocycles. The number of nitrogens with one attached hydrogen (secondary N) is 1. The lowest BCUT2D eigenvalue weighted by molar-refractivity contribution is -0.150. The van der Waals surface area contributed by atoms with Crippen molar-refractivity contribution < 1.29 is 27.5 Å². The molecule has 1 heterocycles. The lowest BCUT2D eigenvalue weighted by atomic mass is 10.1. The predicted octanol–water partition coefficient (Wildman–Crippen LogP) is 2.66. The number of benzene rings is 1. The van der Waals surface area contributed by atoms with Crippen molar-refractivity contribution in [2.75, 3.05) is 31.1 Å². The number of amides is 1. The van der Waals surface area contributed by atoms with Crippen molar-refractivity contribution in [1.29, 1.82) is 0 Å². The van der Waals surface area contributed by atoms with Crippen molar-refractivity contribution in [3.05, 3.63) is 41.8 Å². The molecule has 0 unspecified atom stereocenters. The van der Waals surface area contributed by atoms with E-state index in [9.17, 15) is 18.0 Å². The van der Waals surface area contributed by atoms with E-state index in [0.717, 1.165) is 17.8 Å². The summed E-state index contributed by atoms with van der Waals surface area (Å²) in [5.41, 5.74) is 0.455. The first-order chi connectivity index (χ1) is 14.2. The normalized spacial score (nSPS) is 11.2. The summed E-state index contributed by atoms with van der Waals surface area (Å²) >= 11 is 1.15. The fraction of sp³-hybridized carbons (Fsp3) is 0.400. The number of nitrogens with zero attached hydrogens (tertiary/aromatic N) is 1. The highest BCUT2D eigenvalue weighted by Crippen LogP contribution is 2.26. The molecule has 1 amide bonds. The van der Waals surface area contributed by atoms with E-state index in [1.54, 1.807) is 41.8 Å². The highest BCUT2D eigenvalue weighted by Gasteiger charge is 2.22. The van der Waals surface area contributed by atoms with E-state index < -0.39 is 16.0 Å². The summed E-state index contributed by atoms with van der Waals surface area (Å²) in [6, 6.07) is 9.49.